The van der Waals surface area contributed by atoms with Gasteiger partial charge in [0.25, 0.3) is 0 Å². The number of esters is 1. The van der Waals surface area contributed by atoms with E-state index in [1.807, 2.05) is 23.1 Å². The molecule has 2 amide bonds. The molecule has 0 radical (unpaired) electrons. The van der Waals surface area contributed by atoms with Gasteiger partial charge < -0.3 is 14.5 Å². The first kappa shape index (κ1) is 16.6. The van der Waals surface area contributed by atoms with E-state index in [-0.39, 0.29) is 29.3 Å². The van der Waals surface area contributed by atoms with Gasteiger partial charge in [-0.1, -0.05) is 25.1 Å². The number of hydrogen-bond acceptors (Lipinski definition) is 4. The molecule has 0 aromatic heterocycles. The van der Waals surface area contributed by atoms with E-state index in [1.54, 1.807) is 0 Å². The summed E-state index contributed by atoms with van der Waals surface area (Å²) in [6.07, 6.45) is 3.90. The number of carbonyl (C=O) groups is 3. The van der Waals surface area contributed by atoms with Gasteiger partial charge in [0.05, 0.1) is 30.0 Å². The van der Waals surface area contributed by atoms with Crippen LogP contribution < -0.4 is 4.90 Å². The number of para-hydroxylation sites is 1. The zero-order valence-electron chi connectivity index (χ0n) is 16.2. The number of methoxy groups -OCH3 is 1. The first-order chi connectivity index (χ1) is 13.5. The number of carbonyl (C=O) groups excluding carboxylic acids is 3. The highest BCUT2D eigenvalue weighted by molar-refractivity contribution is 5.96. The fourth-order valence-corrected chi connectivity index (χ4v) is 8.65. The molecular weight excluding hydrogens is 356 g/mol. The topological polar surface area (TPSA) is 66.9 Å². The molecule has 2 saturated carbocycles. The summed E-state index contributed by atoms with van der Waals surface area (Å²) >= 11 is 0. The Morgan fingerprint density at radius 3 is 2.86 bits per heavy atom. The average molecular weight is 380 g/mol. The summed E-state index contributed by atoms with van der Waals surface area (Å²) in [5.74, 6) is -0.383. The summed E-state index contributed by atoms with van der Waals surface area (Å²) in [6, 6.07) is 8.01. The predicted molar refractivity (Wildman–Crippen MR) is 100 cm³/mol. The quantitative estimate of drug-likeness (QED) is 0.580. The molecule has 2 bridgehead atoms. The lowest BCUT2D eigenvalue weighted by atomic mass is 9.56. The largest absolute Gasteiger partial charge is 0.469 e. The molecule has 3 aliphatic heterocycles. The van der Waals surface area contributed by atoms with Gasteiger partial charge in [0.1, 0.15) is 0 Å². The molecule has 6 rings (SSSR count). The number of benzene rings is 1. The zero-order valence-corrected chi connectivity index (χ0v) is 16.2. The van der Waals surface area contributed by atoms with Gasteiger partial charge in [-0.05, 0) is 42.2 Å². The fraction of sp³-hybridized carbons (Fsp3) is 0.591. The van der Waals surface area contributed by atoms with Crippen LogP contribution in [0.15, 0.2) is 24.3 Å². The molecule has 2 saturated heterocycles. The maximum atomic E-state index is 13.2. The Morgan fingerprint density at radius 1 is 1.32 bits per heavy atom. The number of anilines is 1. The van der Waals surface area contributed by atoms with Crippen LogP contribution in [0.3, 0.4) is 0 Å². The maximum absolute atomic E-state index is 13.2. The second-order valence-corrected chi connectivity index (χ2v) is 9.29. The highest BCUT2D eigenvalue weighted by Gasteiger charge is 2.89. The monoisotopic (exact) mass is 380 g/mol. The van der Waals surface area contributed by atoms with Crippen LogP contribution in [0.5, 0.6) is 0 Å². The molecule has 0 N–H and O–H groups in total. The number of piperidine rings is 1. The van der Waals surface area contributed by atoms with Crippen molar-refractivity contribution in [2.45, 2.75) is 49.6 Å². The number of rotatable bonds is 2. The van der Waals surface area contributed by atoms with Crippen LogP contribution >= 0.6 is 0 Å². The lowest BCUT2D eigenvalue weighted by Crippen LogP contribution is -2.66. The summed E-state index contributed by atoms with van der Waals surface area (Å²) in [7, 11) is 1.43. The van der Waals surface area contributed by atoms with Gasteiger partial charge in [0.2, 0.25) is 12.3 Å². The molecule has 6 atom stereocenters. The van der Waals surface area contributed by atoms with E-state index in [4.69, 9.17) is 4.74 Å². The van der Waals surface area contributed by atoms with Crippen LogP contribution in [-0.4, -0.2) is 48.4 Å². The van der Waals surface area contributed by atoms with Gasteiger partial charge in [-0.25, -0.2) is 0 Å². The maximum Gasteiger partial charge on any atom is 0.311 e. The van der Waals surface area contributed by atoms with Crippen molar-refractivity contribution in [2.24, 2.45) is 17.3 Å². The molecule has 4 fully saturated rings. The highest BCUT2D eigenvalue weighted by Crippen LogP contribution is 2.81. The zero-order chi connectivity index (χ0) is 19.5. The standard InChI is InChI=1S/C22H24N2O4/c1-13-20-8-5-9-23-17(26)11-21(19(20)23)14-6-3-4-7-16(14)24(12-25)22(13,21)15(10-20)18(27)28-2/h3-4,6-7,12-13,15,19H,5,8-11H2,1-2H3/t13?,15-,19+,20-,21+,22-/m1/s1. The SMILES string of the molecule is COC(=O)[C@H]1C[C@]23CCCN4C(=O)C[C@]5(c6ccccc6N(C=O)[C@]15C2C)[C@@H]43. The average Bonchev–Trinajstić information content (AvgIpc) is 3.31. The minimum atomic E-state index is -0.731. The lowest BCUT2D eigenvalue weighted by molar-refractivity contribution is -0.150. The fourth-order valence-electron chi connectivity index (χ4n) is 8.65. The summed E-state index contributed by atoms with van der Waals surface area (Å²) in [5.41, 5.74) is 0.516. The van der Waals surface area contributed by atoms with Crippen molar-refractivity contribution >= 4 is 24.0 Å². The van der Waals surface area contributed by atoms with E-state index in [0.717, 1.165) is 37.0 Å². The Morgan fingerprint density at radius 2 is 2.11 bits per heavy atom. The highest BCUT2D eigenvalue weighted by atomic mass is 16.5. The second-order valence-electron chi connectivity index (χ2n) is 9.29. The minimum Gasteiger partial charge on any atom is -0.469 e. The molecule has 2 aliphatic carbocycles. The van der Waals surface area contributed by atoms with Crippen molar-refractivity contribution < 1.29 is 19.1 Å². The first-order valence-corrected chi connectivity index (χ1v) is 10.2. The van der Waals surface area contributed by atoms with Gasteiger partial charge in [-0.3, -0.25) is 14.4 Å². The van der Waals surface area contributed by atoms with E-state index >= 15 is 0 Å². The number of fused-ring (bicyclic) bond motifs is 1. The number of ether oxygens (including phenoxy) is 1. The van der Waals surface area contributed by atoms with Gasteiger partial charge >= 0.3 is 5.97 Å². The van der Waals surface area contributed by atoms with E-state index in [0.29, 0.717) is 12.8 Å². The summed E-state index contributed by atoms with van der Waals surface area (Å²) in [5, 5.41) is 0. The Kier molecular flexibility index (Phi) is 2.83. The van der Waals surface area contributed by atoms with Gasteiger partial charge in [-0.15, -0.1) is 0 Å². The lowest BCUT2D eigenvalue weighted by Gasteiger charge is -2.52. The number of nitrogens with zero attached hydrogens (tertiary/aromatic N) is 2. The number of hydrogen-bond donors (Lipinski definition) is 0. The van der Waals surface area contributed by atoms with Gasteiger partial charge in [-0.2, -0.15) is 0 Å². The molecule has 3 spiro atoms. The van der Waals surface area contributed by atoms with Crippen LogP contribution in [0.1, 0.15) is 38.2 Å². The van der Waals surface area contributed by atoms with Gasteiger partial charge in [0.15, 0.2) is 0 Å². The van der Waals surface area contributed by atoms with Gasteiger partial charge in [0, 0.05) is 18.7 Å². The van der Waals surface area contributed by atoms with Crippen LogP contribution in [-0.2, 0) is 24.5 Å². The van der Waals surface area contributed by atoms with Crippen molar-refractivity contribution in [3.05, 3.63) is 29.8 Å². The van der Waals surface area contributed by atoms with E-state index < -0.39 is 16.9 Å². The molecule has 5 aliphatic rings. The second kappa shape index (κ2) is 4.78. The molecule has 28 heavy (non-hydrogen) atoms. The summed E-state index contributed by atoms with van der Waals surface area (Å²) in [6.45, 7) is 2.99. The van der Waals surface area contributed by atoms with Crippen molar-refractivity contribution in [1.29, 1.82) is 0 Å². The first-order valence-electron chi connectivity index (χ1n) is 10.2. The molecule has 1 aromatic carbocycles. The van der Waals surface area contributed by atoms with Crippen LogP contribution in [0.25, 0.3) is 0 Å². The third kappa shape index (κ3) is 1.30. The Hall–Kier alpha value is -2.37. The van der Waals surface area contributed by atoms with Crippen molar-refractivity contribution in [3.8, 4) is 0 Å². The third-order valence-corrected chi connectivity index (χ3v) is 9.10. The smallest absolute Gasteiger partial charge is 0.311 e. The number of amides is 2. The molecule has 6 heteroatoms. The molecule has 1 aromatic rings. The Balaban J connectivity index is 1.74. The van der Waals surface area contributed by atoms with Crippen LogP contribution in [0, 0.1) is 17.3 Å². The third-order valence-electron chi connectivity index (χ3n) is 9.10. The van der Waals surface area contributed by atoms with Crippen molar-refractivity contribution in [3.63, 3.8) is 0 Å². The van der Waals surface area contributed by atoms with Crippen molar-refractivity contribution in [1.82, 2.24) is 4.90 Å². The molecule has 6 nitrogen and oxygen atoms in total. The molecule has 1 unspecified atom stereocenters. The molecule has 146 valence electrons. The summed E-state index contributed by atoms with van der Waals surface area (Å²) < 4.78 is 5.26. The predicted octanol–water partition coefficient (Wildman–Crippen LogP) is 1.86. The van der Waals surface area contributed by atoms with E-state index in [1.165, 1.54) is 7.11 Å². The van der Waals surface area contributed by atoms with E-state index in [2.05, 4.69) is 17.9 Å². The molecular formula is C22H24N2O4. The van der Waals surface area contributed by atoms with E-state index in [9.17, 15) is 14.4 Å². The molecule has 3 heterocycles. The Bertz CT molecular complexity index is 946. The Labute approximate surface area is 163 Å². The van der Waals surface area contributed by atoms with Crippen LogP contribution in [0.4, 0.5) is 5.69 Å². The normalized spacial score (nSPS) is 44.4. The summed E-state index contributed by atoms with van der Waals surface area (Å²) in [4.78, 5) is 42.7. The van der Waals surface area contributed by atoms with Crippen LogP contribution in [0.2, 0.25) is 0 Å². The van der Waals surface area contributed by atoms with Crippen molar-refractivity contribution in [2.75, 3.05) is 18.6 Å². The minimum absolute atomic E-state index is 0.0586.